The second-order valence-corrected chi connectivity index (χ2v) is 11.7. The number of aliphatic hydroxyl groups excluding tert-OH is 1. The van der Waals surface area contributed by atoms with Crippen molar-refractivity contribution in [1.29, 1.82) is 0 Å². The number of phenolic OH excluding ortho intramolecular Hbond substituents is 1. The first-order valence-corrected chi connectivity index (χ1v) is 15.0. The van der Waals surface area contributed by atoms with Crippen LogP contribution in [-0.4, -0.2) is 65.2 Å². The summed E-state index contributed by atoms with van der Waals surface area (Å²) in [5.41, 5.74) is 2.36. The molecule has 5 rings (SSSR count). The first-order valence-electron chi connectivity index (χ1n) is 13.5. The zero-order valence-electron chi connectivity index (χ0n) is 22.6. The summed E-state index contributed by atoms with van der Waals surface area (Å²) in [5, 5.41) is 23.2. The van der Waals surface area contributed by atoms with Crippen molar-refractivity contribution in [3.05, 3.63) is 95.1 Å². The third-order valence-corrected chi connectivity index (χ3v) is 8.25. The van der Waals surface area contributed by atoms with Crippen molar-refractivity contribution in [3.8, 4) is 5.75 Å². The minimum atomic E-state index is -4.33. The number of hydrogen-bond donors (Lipinski definition) is 4. The Bertz CT molecular complexity index is 1520. The first kappa shape index (κ1) is 30.0. The van der Waals surface area contributed by atoms with Gasteiger partial charge in [0.25, 0.3) is 0 Å². The van der Waals surface area contributed by atoms with Gasteiger partial charge in [-0.25, -0.2) is 13.8 Å². The standard InChI is InChI=1S/C29H32F2N4O6S/c30-21-4-2-20(3-5-21)26(36)12-11-25-28(35(29(25)38)23-8-6-22(31)7-9-23)24-10-1-19(17-27(24)37)18-33-13-15-34(16-14-33)32-42(39,40)41/h1-10,17,25-26,28,32,36-37H,11-16,18H2,(H,39,40,41). The molecule has 1 amide bonds. The zero-order valence-corrected chi connectivity index (χ0v) is 23.4. The molecular formula is C29H32F2N4O6S. The van der Waals surface area contributed by atoms with Crippen molar-refractivity contribution >= 4 is 21.9 Å². The topological polar surface area (TPSA) is 134 Å². The van der Waals surface area contributed by atoms with Gasteiger partial charge >= 0.3 is 10.3 Å². The number of anilines is 1. The van der Waals surface area contributed by atoms with Crippen molar-refractivity contribution in [1.82, 2.24) is 14.7 Å². The van der Waals surface area contributed by atoms with E-state index >= 15 is 0 Å². The number of halogens is 2. The Hall–Kier alpha value is -3.46. The Kier molecular flexibility index (Phi) is 8.87. The highest BCUT2D eigenvalue weighted by atomic mass is 32.2. The lowest BCUT2D eigenvalue weighted by Gasteiger charge is -2.48. The van der Waals surface area contributed by atoms with E-state index in [0.29, 0.717) is 56.0 Å². The number of carbonyl (C=O) groups is 1. The molecule has 13 heteroatoms. The highest BCUT2D eigenvalue weighted by Crippen LogP contribution is 2.48. The molecule has 0 radical (unpaired) electrons. The third kappa shape index (κ3) is 6.94. The Morgan fingerprint density at radius 1 is 0.929 bits per heavy atom. The van der Waals surface area contributed by atoms with Crippen LogP contribution in [0.1, 0.15) is 41.7 Å². The van der Waals surface area contributed by atoms with Crippen molar-refractivity contribution in [2.24, 2.45) is 5.92 Å². The smallest absolute Gasteiger partial charge is 0.346 e. The number of benzene rings is 3. The maximum absolute atomic E-state index is 13.6. The number of amides is 1. The van der Waals surface area contributed by atoms with E-state index in [1.165, 1.54) is 58.4 Å². The van der Waals surface area contributed by atoms with Crippen LogP contribution in [0.25, 0.3) is 0 Å². The van der Waals surface area contributed by atoms with Crippen LogP contribution in [0.4, 0.5) is 14.5 Å². The van der Waals surface area contributed by atoms with Crippen molar-refractivity contribution in [2.45, 2.75) is 31.5 Å². The summed E-state index contributed by atoms with van der Waals surface area (Å²) in [4.78, 5) is 19.0. The zero-order chi connectivity index (χ0) is 30.0. The van der Waals surface area contributed by atoms with Crippen LogP contribution >= 0.6 is 0 Å². The van der Waals surface area contributed by atoms with Gasteiger partial charge in [-0.3, -0.25) is 14.2 Å². The lowest BCUT2D eigenvalue weighted by atomic mass is 9.77. The van der Waals surface area contributed by atoms with Crippen LogP contribution in [0.15, 0.2) is 66.7 Å². The molecule has 0 aromatic heterocycles. The quantitative estimate of drug-likeness (QED) is 0.205. The Morgan fingerprint density at radius 3 is 2.14 bits per heavy atom. The number of aliphatic hydroxyl groups is 1. The van der Waals surface area contributed by atoms with Gasteiger partial charge < -0.3 is 15.1 Å². The molecule has 3 atom stereocenters. The second-order valence-electron chi connectivity index (χ2n) is 10.6. The van der Waals surface area contributed by atoms with Crippen LogP contribution in [-0.2, 0) is 21.6 Å². The van der Waals surface area contributed by atoms with E-state index in [4.69, 9.17) is 4.55 Å². The predicted molar refractivity (Wildman–Crippen MR) is 150 cm³/mol. The Balaban J connectivity index is 1.31. The summed E-state index contributed by atoms with van der Waals surface area (Å²) in [5.74, 6) is -1.62. The average Bonchev–Trinajstić information content (AvgIpc) is 2.94. The van der Waals surface area contributed by atoms with Gasteiger partial charge in [0, 0.05) is 44.0 Å². The van der Waals surface area contributed by atoms with E-state index in [-0.39, 0.29) is 18.1 Å². The van der Waals surface area contributed by atoms with Gasteiger partial charge in [-0.2, -0.15) is 8.42 Å². The van der Waals surface area contributed by atoms with Gasteiger partial charge in [0.2, 0.25) is 5.91 Å². The minimum absolute atomic E-state index is 0.00660. The van der Waals surface area contributed by atoms with Crippen molar-refractivity contribution in [3.63, 3.8) is 0 Å². The summed E-state index contributed by atoms with van der Waals surface area (Å²) in [7, 11) is -4.33. The van der Waals surface area contributed by atoms with Crippen LogP contribution in [0.2, 0.25) is 0 Å². The molecule has 0 bridgehead atoms. The summed E-state index contributed by atoms with van der Waals surface area (Å²) in [6, 6.07) is 15.8. The second kappa shape index (κ2) is 12.4. The largest absolute Gasteiger partial charge is 0.508 e. The molecule has 2 fully saturated rings. The molecule has 10 nitrogen and oxygen atoms in total. The molecule has 0 aliphatic carbocycles. The number of hydrogen-bond acceptors (Lipinski definition) is 7. The highest BCUT2D eigenvalue weighted by Gasteiger charge is 2.49. The highest BCUT2D eigenvalue weighted by molar-refractivity contribution is 7.83. The fraction of sp³-hybridized carbons (Fsp3) is 0.345. The normalized spacial score (nSPS) is 20.9. The van der Waals surface area contributed by atoms with Gasteiger partial charge in [0.1, 0.15) is 17.4 Å². The third-order valence-electron chi connectivity index (χ3n) is 7.76. The maximum atomic E-state index is 13.6. The number of rotatable bonds is 10. The molecular weight excluding hydrogens is 570 g/mol. The number of piperazine rings is 1. The van der Waals surface area contributed by atoms with Gasteiger partial charge in [-0.1, -0.05) is 24.3 Å². The minimum Gasteiger partial charge on any atom is -0.508 e. The van der Waals surface area contributed by atoms with Crippen LogP contribution < -0.4 is 9.73 Å². The summed E-state index contributed by atoms with van der Waals surface area (Å²) in [6.45, 7) is 2.28. The van der Waals surface area contributed by atoms with Crippen LogP contribution in [0.5, 0.6) is 5.75 Å². The van der Waals surface area contributed by atoms with Crippen LogP contribution in [0, 0.1) is 17.6 Å². The molecule has 0 spiro atoms. The van der Waals surface area contributed by atoms with E-state index in [9.17, 15) is 32.2 Å². The molecule has 224 valence electrons. The number of β-lactam (4-membered cyclic amide) rings is 1. The number of nitrogens with one attached hydrogen (secondary N) is 1. The van der Waals surface area contributed by atoms with Crippen LogP contribution in [0.3, 0.4) is 0 Å². The van der Waals surface area contributed by atoms with Crippen molar-refractivity contribution in [2.75, 3.05) is 31.1 Å². The molecule has 42 heavy (non-hydrogen) atoms. The van der Waals surface area contributed by atoms with E-state index in [0.717, 1.165) is 5.56 Å². The molecule has 2 saturated heterocycles. The van der Waals surface area contributed by atoms with Gasteiger partial charge in [-0.15, -0.1) is 4.83 Å². The van der Waals surface area contributed by atoms with E-state index in [2.05, 4.69) is 9.73 Å². The molecule has 0 saturated carbocycles. The van der Waals surface area contributed by atoms with Gasteiger partial charge in [0.05, 0.1) is 18.1 Å². The monoisotopic (exact) mass is 602 g/mol. The number of carbonyl (C=O) groups excluding carboxylic acids is 1. The lowest BCUT2D eigenvalue weighted by molar-refractivity contribution is -0.131. The molecule has 2 heterocycles. The van der Waals surface area contributed by atoms with E-state index in [1.807, 2.05) is 6.07 Å². The maximum Gasteiger partial charge on any atom is 0.346 e. The fourth-order valence-electron chi connectivity index (χ4n) is 5.62. The Labute approximate surface area is 242 Å². The average molecular weight is 603 g/mol. The molecule has 3 aromatic carbocycles. The summed E-state index contributed by atoms with van der Waals surface area (Å²) in [6.07, 6.45) is -0.349. The van der Waals surface area contributed by atoms with Gasteiger partial charge in [-0.05, 0) is 66.4 Å². The summed E-state index contributed by atoms with van der Waals surface area (Å²) < 4.78 is 58.0. The SMILES string of the molecule is O=C1C(CCC(O)c2ccc(F)cc2)C(c2ccc(CN3CCN(NS(=O)(=O)O)CC3)cc2O)N1c1ccc(F)cc1. The Morgan fingerprint density at radius 2 is 1.55 bits per heavy atom. The first-order chi connectivity index (χ1) is 20.0. The number of hydrazine groups is 1. The fourth-order valence-corrected chi connectivity index (χ4v) is 6.13. The van der Waals surface area contributed by atoms with E-state index < -0.39 is 40.0 Å². The van der Waals surface area contributed by atoms with Gasteiger partial charge in [0.15, 0.2) is 0 Å². The number of aromatic hydroxyl groups is 1. The molecule has 2 aliphatic heterocycles. The molecule has 4 N–H and O–H groups in total. The van der Waals surface area contributed by atoms with E-state index in [1.54, 1.807) is 12.1 Å². The van der Waals surface area contributed by atoms with Crippen molar-refractivity contribution < 1.29 is 36.8 Å². The predicted octanol–water partition coefficient (Wildman–Crippen LogP) is 3.31. The number of phenols is 1. The molecule has 3 unspecified atom stereocenters. The lowest BCUT2D eigenvalue weighted by Crippen LogP contribution is -2.55. The summed E-state index contributed by atoms with van der Waals surface area (Å²) >= 11 is 0. The number of nitrogens with zero attached hydrogens (tertiary/aromatic N) is 3. The molecule has 2 aliphatic rings. The molecule has 3 aromatic rings.